The molecule has 1 aliphatic rings. The lowest BCUT2D eigenvalue weighted by Gasteiger charge is -2.29. The first-order chi connectivity index (χ1) is 13.6. The van der Waals surface area contributed by atoms with Crippen LogP contribution in [0.2, 0.25) is 0 Å². The smallest absolute Gasteiger partial charge is 0.406 e. The molecule has 1 aliphatic heterocycles. The molecule has 2 rings (SSSR count). The summed E-state index contributed by atoms with van der Waals surface area (Å²) < 4.78 is 40.3. The molecular weight excluding hydrogens is 389 g/mol. The Bertz CT molecular complexity index is 672. The molecule has 1 aromatic carbocycles. The Labute approximate surface area is 168 Å². The minimum absolute atomic E-state index is 0.0489. The lowest BCUT2D eigenvalue weighted by Crippen LogP contribution is -3.28. The van der Waals surface area contributed by atoms with Gasteiger partial charge in [0, 0.05) is 12.2 Å². The Balaban J connectivity index is 1.69. The van der Waals surface area contributed by atoms with Crippen LogP contribution in [0.25, 0.3) is 0 Å². The number of benzene rings is 1. The van der Waals surface area contributed by atoms with Gasteiger partial charge in [-0.15, -0.1) is 13.2 Å². The van der Waals surface area contributed by atoms with Gasteiger partial charge in [-0.1, -0.05) is 13.8 Å². The zero-order chi connectivity index (χ0) is 21.4. The van der Waals surface area contributed by atoms with Crippen molar-refractivity contribution in [2.75, 3.05) is 51.1 Å². The maximum Gasteiger partial charge on any atom is 0.573 e. The van der Waals surface area contributed by atoms with Crippen LogP contribution in [-0.2, 0) is 9.59 Å². The average Bonchev–Trinajstić information content (AvgIpc) is 2.62. The fourth-order valence-electron chi connectivity index (χ4n) is 3.09. The van der Waals surface area contributed by atoms with E-state index < -0.39 is 6.36 Å². The quantitative estimate of drug-likeness (QED) is 0.441. The number of alkyl halides is 3. The predicted octanol–water partition coefficient (Wildman–Crippen LogP) is -0.921. The van der Waals surface area contributed by atoms with Crippen molar-refractivity contribution in [3.8, 4) is 5.75 Å². The van der Waals surface area contributed by atoms with Gasteiger partial charge in [0.15, 0.2) is 13.1 Å². The number of rotatable bonds is 8. The summed E-state index contributed by atoms with van der Waals surface area (Å²) in [4.78, 5) is 26.4. The summed E-state index contributed by atoms with van der Waals surface area (Å²) in [7, 11) is 0. The maximum absolute atomic E-state index is 12.2. The monoisotopic (exact) mass is 418 g/mol. The minimum Gasteiger partial charge on any atom is -0.406 e. The van der Waals surface area contributed by atoms with Gasteiger partial charge >= 0.3 is 6.36 Å². The van der Waals surface area contributed by atoms with Crippen molar-refractivity contribution in [1.29, 1.82) is 0 Å². The number of anilines is 1. The summed E-state index contributed by atoms with van der Waals surface area (Å²) in [6, 6.07) is 5.04. The molecule has 0 aliphatic carbocycles. The van der Waals surface area contributed by atoms with Crippen molar-refractivity contribution >= 4 is 17.5 Å². The molecule has 1 aromatic rings. The molecule has 0 spiro atoms. The van der Waals surface area contributed by atoms with Gasteiger partial charge in [-0.25, -0.2) is 0 Å². The Morgan fingerprint density at radius 3 is 2.00 bits per heavy atom. The zero-order valence-corrected chi connectivity index (χ0v) is 16.7. The van der Waals surface area contributed by atoms with E-state index in [0.29, 0.717) is 24.7 Å². The number of amides is 2. The number of hydrogen-bond donors (Lipinski definition) is 4. The number of halogens is 3. The fraction of sp³-hybridized carbons (Fsp3) is 0.579. The van der Waals surface area contributed by atoms with Crippen molar-refractivity contribution in [3.05, 3.63) is 24.3 Å². The van der Waals surface area contributed by atoms with Gasteiger partial charge in [0.1, 0.15) is 31.9 Å². The van der Waals surface area contributed by atoms with Crippen molar-refractivity contribution in [2.45, 2.75) is 20.2 Å². The van der Waals surface area contributed by atoms with E-state index in [1.54, 1.807) is 0 Å². The number of carbonyl (C=O) groups excluding carboxylic acids is 2. The molecule has 1 fully saturated rings. The second-order valence-electron chi connectivity index (χ2n) is 7.67. The van der Waals surface area contributed by atoms with E-state index in [9.17, 15) is 22.8 Å². The number of ether oxygens (including phenoxy) is 1. The number of quaternary nitrogens is 2. The summed E-state index contributed by atoms with van der Waals surface area (Å²) in [6.07, 6.45) is -4.74. The molecule has 0 saturated carbocycles. The van der Waals surface area contributed by atoms with Crippen LogP contribution < -0.4 is 25.2 Å². The van der Waals surface area contributed by atoms with Crippen LogP contribution in [0.3, 0.4) is 0 Å². The van der Waals surface area contributed by atoms with Gasteiger partial charge in [0.05, 0.1) is 0 Å². The third-order valence-corrected chi connectivity index (χ3v) is 4.56. The lowest BCUT2D eigenvalue weighted by atomic mass is 10.2. The first-order valence-corrected chi connectivity index (χ1v) is 9.70. The van der Waals surface area contributed by atoms with Crippen LogP contribution in [-0.4, -0.2) is 64.0 Å². The van der Waals surface area contributed by atoms with Gasteiger partial charge in [-0.3, -0.25) is 9.59 Å². The maximum atomic E-state index is 12.2. The van der Waals surface area contributed by atoms with E-state index >= 15 is 0 Å². The van der Waals surface area contributed by atoms with Crippen LogP contribution in [0, 0.1) is 5.92 Å². The van der Waals surface area contributed by atoms with E-state index in [-0.39, 0.29) is 24.1 Å². The van der Waals surface area contributed by atoms with Gasteiger partial charge in [-0.2, -0.15) is 0 Å². The number of hydrogen-bond acceptors (Lipinski definition) is 3. The summed E-state index contributed by atoms with van der Waals surface area (Å²) in [5.41, 5.74) is 0.412. The molecular formula is C19H29F3N4O3+2. The molecule has 0 atom stereocenters. The number of nitrogens with one attached hydrogen (secondary N) is 4. The molecule has 1 saturated heterocycles. The summed E-state index contributed by atoms with van der Waals surface area (Å²) in [6.45, 7) is 8.65. The first-order valence-electron chi connectivity index (χ1n) is 9.70. The summed E-state index contributed by atoms with van der Waals surface area (Å²) in [5.74, 6) is -0.0739. The first kappa shape index (κ1) is 23.0. The molecule has 0 radical (unpaired) electrons. The highest BCUT2D eigenvalue weighted by atomic mass is 19.4. The van der Waals surface area contributed by atoms with Crippen LogP contribution in [0.15, 0.2) is 24.3 Å². The third kappa shape index (κ3) is 9.14. The van der Waals surface area contributed by atoms with E-state index in [2.05, 4.69) is 15.4 Å². The highest BCUT2D eigenvalue weighted by Gasteiger charge is 2.31. The average molecular weight is 418 g/mol. The van der Waals surface area contributed by atoms with Crippen molar-refractivity contribution in [2.24, 2.45) is 5.92 Å². The third-order valence-electron chi connectivity index (χ3n) is 4.56. The van der Waals surface area contributed by atoms with Gasteiger partial charge < -0.3 is 25.2 Å². The highest BCUT2D eigenvalue weighted by molar-refractivity contribution is 5.91. The Hall–Kier alpha value is -2.33. The molecule has 2 amide bonds. The number of carbonyl (C=O) groups is 2. The van der Waals surface area contributed by atoms with Crippen LogP contribution in [0.5, 0.6) is 5.75 Å². The SMILES string of the molecule is CC(C)CNC(=O)C[NH+]1CC[NH+](CC(=O)Nc2ccc(OC(F)(F)F)cc2)CC1. The zero-order valence-electron chi connectivity index (χ0n) is 16.7. The van der Waals surface area contributed by atoms with E-state index in [1.807, 2.05) is 13.8 Å². The molecule has 0 bridgehead atoms. The van der Waals surface area contributed by atoms with Gasteiger partial charge in [-0.05, 0) is 30.2 Å². The van der Waals surface area contributed by atoms with E-state index in [1.165, 1.54) is 17.0 Å². The molecule has 10 heteroatoms. The van der Waals surface area contributed by atoms with Crippen molar-refractivity contribution in [1.82, 2.24) is 5.32 Å². The normalized spacial score (nSPS) is 19.7. The topological polar surface area (TPSA) is 76.3 Å². The number of piperazine rings is 1. The molecule has 29 heavy (non-hydrogen) atoms. The Morgan fingerprint density at radius 1 is 1.00 bits per heavy atom. The lowest BCUT2D eigenvalue weighted by molar-refractivity contribution is -1.00. The van der Waals surface area contributed by atoms with Crippen molar-refractivity contribution in [3.63, 3.8) is 0 Å². The largest absolute Gasteiger partial charge is 0.573 e. The van der Waals surface area contributed by atoms with Gasteiger partial charge in [0.2, 0.25) is 0 Å². The molecule has 0 unspecified atom stereocenters. The molecule has 7 nitrogen and oxygen atoms in total. The highest BCUT2D eigenvalue weighted by Crippen LogP contribution is 2.23. The summed E-state index contributed by atoms with van der Waals surface area (Å²) in [5, 5.41) is 5.60. The van der Waals surface area contributed by atoms with E-state index in [0.717, 1.165) is 43.2 Å². The molecule has 0 aromatic heterocycles. The second-order valence-corrected chi connectivity index (χ2v) is 7.67. The standard InChI is InChI=1S/C19H27F3N4O3/c1-14(2)11-23-17(27)12-25-7-9-26(10-8-25)13-18(28)24-15-3-5-16(6-4-15)29-19(20,21)22/h3-6,14H,7-13H2,1-2H3,(H,23,27)(H,24,28)/p+2. The Kier molecular flexibility index (Phi) is 8.27. The molecule has 1 heterocycles. The minimum atomic E-state index is -4.74. The fourth-order valence-corrected chi connectivity index (χ4v) is 3.09. The van der Waals surface area contributed by atoms with Gasteiger partial charge in [0.25, 0.3) is 11.8 Å². The second kappa shape index (κ2) is 10.4. The van der Waals surface area contributed by atoms with Crippen LogP contribution in [0.1, 0.15) is 13.8 Å². The van der Waals surface area contributed by atoms with Crippen molar-refractivity contribution < 1.29 is 37.3 Å². The Morgan fingerprint density at radius 2 is 1.52 bits per heavy atom. The van der Waals surface area contributed by atoms with E-state index in [4.69, 9.17) is 0 Å². The molecule has 162 valence electrons. The van der Waals surface area contributed by atoms with Crippen LogP contribution in [0.4, 0.5) is 18.9 Å². The molecule has 4 N–H and O–H groups in total. The van der Waals surface area contributed by atoms with Crippen LogP contribution >= 0.6 is 0 Å². The summed E-state index contributed by atoms with van der Waals surface area (Å²) >= 11 is 0. The predicted molar refractivity (Wildman–Crippen MR) is 101 cm³/mol.